The van der Waals surface area contributed by atoms with Gasteiger partial charge in [0.25, 0.3) is 10.0 Å². The van der Waals surface area contributed by atoms with E-state index in [9.17, 15) is 22.4 Å². The second-order valence-corrected chi connectivity index (χ2v) is 11.2. The molecule has 41 heavy (non-hydrogen) atoms. The molecule has 0 spiro atoms. The maximum Gasteiger partial charge on any atom is 0.264 e. The number of ether oxygens (including phenoxy) is 2. The number of halogens is 1. The third kappa shape index (κ3) is 7.55. The van der Waals surface area contributed by atoms with E-state index in [4.69, 9.17) is 9.47 Å². The molecule has 1 N–H and O–H groups in total. The number of nitrogens with zero attached hydrogens (tertiary/aromatic N) is 2. The van der Waals surface area contributed by atoms with Crippen LogP contribution >= 0.6 is 0 Å². The molecule has 1 atom stereocenters. The first-order valence-electron chi connectivity index (χ1n) is 13.2. The molecule has 0 radical (unpaired) electrons. The highest BCUT2D eigenvalue weighted by molar-refractivity contribution is 7.92. The zero-order valence-electron chi connectivity index (χ0n) is 23.9. The first-order valence-corrected chi connectivity index (χ1v) is 14.6. The molecule has 0 aliphatic rings. The predicted octanol–water partition coefficient (Wildman–Crippen LogP) is 4.29. The monoisotopic (exact) mass is 585 g/mol. The molecule has 3 aromatic rings. The SMILES string of the molecule is CCNC(=O)[C@@H](CC)N(Cc1ccc(F)cc1)C(=O)CN(c1cc(OC)ccc1OC)S(=O)(=O)c1ccc(C)cc1. The minimum absolute atomic E-state index is 0.0263. The quantitative estimate of drug-likeness (QED) is 0.321. The molecule has 0 aromatic heterocycles. The van der Waals surface area contributed by atoms with Crippen molar-refractivity contribution < 1.29 is 31.9 Å². The standard InChI is InChI=1S/C30H36FN3O6S/c1-6-26(30(36)32-7-2)33(19-22-10-12-23(31)13-11-22)29(35)20-34(27-18-24(39-4)14-17-28(27)40-5)41(37,38)25-15-8-21(3)9-16-25/h8-18,26H,6-7,19-20H2,1-5H3,(H,32,36)/t26-/m1/s1. The summed E-state index contributed by atoms with van der Waals surface area (Å²) in [5, 5.41) is 2.75. The Hall–Kier alpha value is -4.12. The van der Waals surface area contributed by atoms with Crippen LogP contribution < -0.4 is 19.1 Å². The van der Waals surface area contributed by atoms with Crippen LogP contribution in [0.1, 0.15) is 31.4 Å². The highest BCUT2D eigenvalue weighted by Gasteiger charge is 2.35. The average Bonchev–Trinajstić information content (AvgIpc) is 2.96. The van der Waals surface area contributed by atoms with Gasteiger partial charge in [-0.1, -0.05) is 36.8 Å². The number of rotatable bonds is 13. The fourth-order valence-electron chi connectivity index (χ4n) is 4.34. The van der Waals surface area contributed by atoms with Crippen molar-refractivity contribution in [1.29, 1.82) is 0 Å². The third-order valence-electron chi connectivity index (χ3n) is 6.55. The van der Waals surface area contributed by atoms with Crippen molar-refractivity contribution in [3.8, 4) is 11.5 Å². The molecule has 0 bridgehead atoms. The van der Waals surface area contributed by atoms with E-state index < -0.39 is 34.3 Å². The molecule has 0 aliphatic heterocycles. The number of sulfonamides is 1. The Kier molecular flexibility index (Phi) is 10.7. The lowest BCUT2D eigenvalue weighted by Gasteiger charge is -2.33. The zero-order chi connectivity index (χ0) is 30.2. The summed E-state index contributed by atoms with van der Waals surface area (Å²) in [7, 11) is -1.46. The van der Waals surface area contributed by atoms with E-state index in [-0.39, 0.29) is 35.2 Å². The molecule has 0 saturated heterocycles. The van der Waals surface area contributed by atoms with E-state index in [0.29, 0.717) is 17.9 Å². The van der Waals surface area contributed by atoms with Gasteiger partial charge in [-0.25, -0.2) is 12.8 Å². The van der Waals surface area contributed by atoms with Crippen molar-refractivity contribution in [3.63, 3.8) is 0 Å². The van der Waals surface area contributed by atoms with Gasteiger partial charge in [-0.2, -0.15) is 0 Å². The number of hydrogen-bond acceptors (Lipinski definition) is 6. The van der Waals surface area contributed by atoms with Crippen molar-refractivity contribution in [1.82, 2.24) is 10.2 Å². The van der Waals surface area contributed by atoms with Crippen molar-refractivity contribution in [3.05, 3.63) is 83.7 Å². The fourth-order valence-corrected chi connectivity index (χ4v) is 5.76. The molecule has 0 fully saturated rings. The van der Waals surface area contributed by atoms with Gasteiger partial charge < -0.3 is 19.7 Å². The van der Waals surface area contributed by atoms with E-state index >= 15 is 0 Å². The highest BCUT2D eigenvalue weighted by atomic mass is 32.2. The summed E-state index contributed by atoms with van der Waals surface area (Å²) in [5.74, 6) is -0.891. The molecule has 11 heteroatoms. The number of hydrogen-bond donors (Lipinski definition) is 1. The summed E-state index contributed by atoms with van der Waals surface area (Å²) in [5.41, 5.74) is 1.53. The van der Waals surface area contributed by atoms with Gasteiger partial charge >= 0.3 is 0 Å². The van der Waals surface area contributed by atoms with E-state index in [0.717, 1.165) is 9.87 Å². The van der Waals surface area contributed by atoms with Crippen LogP contribution in [0.25, 0.3) is 0 Å². The number of benzene rings is 3. The van der Waals surface area contributed by atoms with Gasteiger partial charge in [0.05, 0.1) is 24.8 Å². The predicted molar refractivity (Wildman–Crippen MR) is 155 cm³/mol. The molecule has 3 rings (SSSR count). The van der Waals surface area contributed by atoms with Crippen molar-refractivity contribution in [2.75, 3.05) is 31.6 Å². The van der Waals surface area contributed by atoms with Crippen molar-refractivity contribution in [2.24, 2.45) is 0 Å². The van der Waals surface area contributed by atoms with Gasteiger partial charge in [0.15, 0.2) is 0 Å². The Morgan fingerprint density at radius 3 is 2.17 bits per heavy atom. The minimum atomic E-state index is -4.30. The summed E-state index contributed by atoms with van der Waals surface area (Å²) in [4.78, 5) is 28.4. The Morgan fingerprint density at radius 1 is 0.951 bits per heavy atom. The van der Waals surface area contributed by atoms with Crippen LogP contribution in [0.15, 0.2) is 71.6 Å². The number of carbonyl (C=O) groups is 2. The van der Waals surface area contributed by atoms with Gasteiger partial charge in [-0.3, -0.25) is 13.9 Å². The summed E-state index contributed by atoms with van der Waals surface area (Å²) in [6.07, 6.45) is 0.270. The summed E-state index contributed by atoms with van der Waals surface area (Å²) in [6, 6.07) is 15.6. The van der Waals surface area contributed by atoms with Gasteiger partial charge in [0.2, 0.25) is 11.8 Å². The van der Waals surface area contributed by atoms with Crippen LogP contribution in [0, 0.1) is 12.7 Å². The van der Waals surface area contributed by atoms with E-state index in [1.54, 1.807) is 38.1 Å². The Labute approximate surface area is 240 Å². The van der Waals surface area contributed by atoms with E-state index in [1.165, 1.54) is 61.6 Å². The van der Waals surface area contributed by atoms with Crippen LogP contribution in [0.4, 0.5) is 10.1 Å². The Morgan fingerprint density at radius 2 is 1.61 bits per heavy atom. The number of aryl methyl sites for hydroxylation is 1. The first-order chi connectivity index (χ1) is 19.5. The lowest BCUT2D eigenvalue weighted by Crippen LogP contribution is -2.52. The highest BCUT2D eigenvalue weighted by Crippen LogP contribution is 2.36. The van der Waals surface area contributed by atoms with Crippen molar-refractivity contribution in [2.45, 2.75) is 44.7 Å². The molecule has 0 saturated carbocycles. The molecule has 9 nitrogen and oxygen atoms in total. The summed E-state index contributed by atoms with van der Waals surface area (Å²) < 4.78 is 53.5. The molecule has 220 valence electrons. The second-order valence-electron chi connectivity index (χ2n) is 9.33. The maximum absolute atomic E-state index is 14.1. The average molecular weight is 586 g/mol. The van der Waals surface area contributed by atoms with Gasteiger partial charge in [-0.15, -0.1) is 0 Å². The Balaban J connectivity index is 2.14. The van der Waals surface area contributed by atoms with E-state index in [1.807, 2.05) is 6.92 Å². The summed E-state index contributed by atoms with van der Waals surface area (Å²) in [6.45, 7) is 5.03. The first kappa shape index (κ1) is 31.4. The number of likely N-dealkylation sites (N-methyl/N-ethyl adjacent to an activating group) is 1. The van der Waals surface area contributed by atoms with Gasteiger partial charge in [0, 0.05) is 19.2 Å². The molecule has 0 aliphatic carbocycles. The van der Waals surface area contributed by atoms with Gasteiger partial charge in [-0.05, 0) is 62.2 Å². The van der Waals surface area contributed by atoms with E-state index in [2.05, 4.69) is 5.32 Å². The number of carbonyl (C=O) groups excluding carboxylic acids is 2. The van der Waals surface area contributed by atoms with Crippen LogP contribution in [0.3, 0.4) is 0 Å². The molecule has 3 aromatic carbocycles. The molecular weight excluding hydrogens is 549 g/mol. The maximum atomic E-state index is 14.1. The molecule has 0 heterocycles. The third-order valence-corrected chi connectivity index (χ3v) is 8.32. The Bertz CT molecular complexity index is 1450. The van der Waals surface area contributed by atoms with Gasteiger partial charge in [0.1, 0.15) is 29.9 Å². The normalized spacial score (nSPS) is 11.9. The van der Waals surface area contributed by atoms with Crippen LogP contribution in [-0.4, -0.2) is 58.5 Å². The number of nitrogens with one attached hydrogen (secondary N) is 1. The topological polar surface area (TPSA) is 105 Å². The fraction of sp³-hybridized carbons (Fsp3) is 0.333. The lowest BCUT2D eigenvalue weighted by atomic mass is 10.1. The summed E-state index contributed by atoms with van der Waals surface area (Å²) >= 11 is 0. The molecule has 2 amide bonds. The number of amides is 2. The number of anilines is 1. The lowest BCUT2D eigenvalue weighted by molar-refractivity contribution is -0.140. The van der Waals surface area contributed by atoms with Crippen molar-refractivity contribution >= 4 is 27.5 Å². The smallest absolute Gasteiger partial charge is 0.264 e. The second kappa shape index (κ2) is 14.0. The number of methoxy groups -OCH3 is 2. The molecule has 0 unspecified atom stereocenters. The van der Waals surface area contributed by atoms with Crippen LogP contribution in [0.2, 0.25) is 0 Å². The largest absolute Gasteiger partial charge is 0.497 e. The zero-order valence-corrected chi connectivity index (χ0v) is 24.7. The van der Waals surface area contributed by atoms with Crippen LogP contribution in [0.5, 0.6) is 11.5 Å². The van der Waals surface area contributed by atoms with Crippen LogP contribution in [-0.2, 0) is 26.2 Å². The molecular formula is C30H36FN3O6S. The minimum Gasteiger partial charge on any atom is -0.497 e.